The van der Waals surface area contributed by atoms with Gasteiger partial charge in [-0.05, 0) is 54.6 Å². The highest BCUT2D eigenvalue weighted by molar-refractivity contribution is 5.93. The van der Waals surface area contributed by atoms with E-state index in [-0.39, 0.29) is 6.61 Å². The number of carbonyl (C=O) groups excluding carboxylic acids is 2. The van der Waals surface area contributed by atoms with E-state index in [0.717, 1.165) is 11.4 Å². The number of hydrogen-bond donors (Lipinski definition) is 2. The molecule has 0 atom stereocenters. The second kappa shape index (κ2) is 10.3. The molecule has 0 saturated heterocycles. The number of carbonyl (C=O) groups is 2. The van der Waals surface area contributed by atoms with E-state index >= 15 is 0 Å². The molecule has 2 N–H and O–H groups in total. The van der Waals surface area contributed by atoms with Crippen molar-refractivity contribution in [2.45, 2.75) is 0 Å². The third kappa shape index (κ3) is 6.39. The summed E-state index contributed by atoms with van der Waals surface area (Å²) in [6, 6.07) is 25.3. The largest absolute Gasteiger partial charge is 0.482 e. The van der Waals surface area contributed by atoms with Crippen LogP contribution < -0.4 is 15.4 Å². The molecule has 0 spiro atoms. The summed E-state index contributed by atoms with van der Waals surface area (Å²) < 4.78 is 10.3. The standard InChI is InChI=1S/C23H19N3O4/c24-14-17-5-4-8-20(13-17)26-22(27)15-30-23(28)16-29-21-11-9-19(10-12-21)25-18-6-2-1-3-7-18/h1-13,25H,15-16H2,(H,26,27). The normalized spacial score (nSPS) is 9.83. The van der Waals surface area contributed by atoms with Crippen molar-refractivity contribution in [2.24, 2.45) is 0 Å². The second-order valence-electron chi connectivity index (χ2n) is 6.21. The van der Waals surface area contributed by atoms with Crippen molar-refractivity contribution in [1.82, 2.24) is 0 Å². The SMILES string of the molecule is N#Cc1cccc(NC(=O)COC(=O)COc2ccc(Nc3ccccc3)cc2)c1. The van der Waals surface area contributed by atoms with Crippen molar-refractivity contribution in [3.05, 3.63) is 84.4 Å². The molecule has 0 bridgehead atoms. The lowest BCUT2D eigenvalue weighted by Crippen LogP contribution is -2.23. The van der Waals surface area contributed by atoms with Gasteiger partial charge in [-0.2, -0.15) is 5.26 Å². The Balaban J connectivity index is 1.40. The highest BCUT2D eigenvalue weighted by Crippen LogP contribution is 2.19. The van der Waals surface area contributed by atoms with Crippen LogP contribution >= 0.6 is 0 Å². The molecular weight excluding hydrogens is 382 g/mol. The average Bonchev–Trinajstić information content (AvgIpc) is 2.78. The van der Waals surface area contributed by atoms with Gasteiger partial charge in [0, 0.05) is 17.1 Å². The summed E-state index contributed by atoms with van der Waals surface area (Å²) in [5.74, 6) is -0.666. The first-order chi connectivity index (χ1) is 14.6. The highest BCUT2D eigenvalue weighted by atomic mass is 16.6. The number of amides is 1. The Morgan fingerprint density at radius 2 is 1.53 bits per heavy atom. The predicted molar refractivity (Wildman–Crippen MR) is 112 cm³/mol. The van der Waals surface area contributed by atoms with Gasteiger partial charge in [0.25, 0.3) is 5.91 Å². The topological polar surface area (TPSA) is 100 Å². The third-order valence-electron chi connectivity index (χ3n) is 3.91. The van der Waals surface area contributed by atoms with Crippen LogP contribution in [-0.4, -0.2) is 25.1 Å². The maximum Gasteiger partial charge on any atom is 0.344 e. The Morgan fingerprint density at radius 3 is 2.27 bits per heavy atom. The molecule has 150 valence electrons. The van der Waals surface area contributed by atoms with Gasteiger partial charge in [0.1, 0.15) is 5.75 Å². The molecule has 0 aromatic heterocycles. The first-order valence-corrected chi connectivity index (χ1v) is 9.13. The van der Waals surface area contributed by atoms with Crippen molar-refractivity contribution >= 4 is 28.9 Å². The fourth-order valence-corrected chi connectivity index (χ4v) is 2.52. The molecule has 3 rings (SSSR count). The Hall–Kier alpha value is -4.31. The number of para-hydroxylation sites is 1. The number of benzene rings is 3. The molecule has 0 unspecified atom stereocenters. The minimum atomic E-state index is -0.664. The lowest BCUT2D eigenvalue weighted by atomic mass is 10.2. The average molecular weight is 401 g/mol. The van der Waals surface area contributed by atoms with Gasteiger partial charge in [-0.25, -0.2) is 4.79 Å². The van der Waals surface area contributed by atoms with Crippen molar-refractivity contribution < 1.29 is 19.1 Å². The van der Waals surface area contributed by atoms with Crippen molar-refractivity contribution in [2.75, 3.05) is 23.8 Å². The van der Waals surface area contributed by atoms with Crippen LogP contribution in [0.25, 0.3) is 0 Å². The molecule has 0 aliphatic carbocycles. The summed E-state index contributed by atoms with van der Waals surface area (Å²) in [6.07, 6.45) is 0. The van der Waals surface area contributed by atoms with E-state index in [4.69, 9.17) is 14.7 Å². The number of anilines is 3. The summed E-state index contributed by atoms with van der Waals surface area (Å²) in [4.78, 5) is 23.7. The van der Waals surface area contributed by atoms with Gasteiger partial charge >= 0.3 is 5.97 Å². The minimum absolute atomic E-state index is 0.317. The van der Waals surface area contributed by atoms with Crippen LogP contribution in [0.5, 0.6) is 5.75 Å². The van der Waals surface area contributed by atoms with Gasteiger partial charge in [-0.1, -0.05) is 24.3 Å². The summed E-state index contributed by atoms with van der Waals surface area (Å²) in [5, 5.41) is 14.7. The van der Waals surface area contributed by atoms with Crippen LogP contribution in [0, 0.1) is 11.3 Å². The maximum absolute atomic E-state index is 11.9. The smallest absolute Gasteiger partial charge is 0.344 e. The quantitative estimate of drug-likeness (QED) is 0.556. The Kier molecular flexibility index (Phi) is 7.01. The third-order valence-corrected chi connectivity index (χ3v) is 3.91. The van der Waals surface area contributed by atoms with E-state index < -0.39 is 18.5 Å². The van der Waals surface area contributed by atoms with Crippen LogP contribution in [0.15, 0.2) is 78.9 Å². The minimum Gasteiger partial charge on any atom is -0.482 e. The first kappa shape index (κ1) is 20.4. The Labute approximate surface area is 173 Å². The molecule has 30 heavy (non-hydrogen) atoms. The summed E-state index contributed by atoms with van der Waals surface area (Å²) in [5.41, 5.74) is 2.72. The van der Waals surface area contributed by atoms with Crippen LogP contribution in [0.4, 0.5) is 17.1 Å². The Morgan fingerprint density at radius 1 is 0.833 bits per heavy atom. The lowest BCUT2D eigenvalue weighted by molar-refractivity contribution is -0.149. The van der Waals surface area contributed by atoms with E-state index in [1.165, 1.54) is 6.07 Å². The zero-order valence-corrected chi connectivity index (χ0v) is 16.0. The number of nitrogens with one attached hydrogen (secondary N) is 2. The molecule has 7 heteroatoms. The van der Waals surface area contributed by atoms with Gasteiger partial charge in [0.15, 0.2) is 13.2 Å². The van der Waals surface area contributed by atoms with Gasteiger partial charge < -0.3 is 20.1 Å². The number of hydrogen-bond acceptors (Lipinski definition) is 6. The number of ether oxygens (including phenoxy) is 2. The zero-order chi connectivity index (χ0) is 21.2. The summed E-state index contributed by atoms with van der Waals surface area (Å²) in [7, 11) is 0. The Bertz CT molecular complexity index is 1040. The van der Waals surface area contributed by atoms with Gasteiger partial charge in [-0.3, -0.25) is 4.79 Å². The fraction of sp³-hybridized carbons (Fsp3) is 0.0870. The molecule has 1 amide bonds. The molecule has 7 nitrogen and oxygen atoms in total. The zero-order valence-electron chi connectivity index (χ0n) is 16.0. The monoisotopic (exact) mass is 401 g/mol. The number of esters is 1. The van der Waals surface area contributed by atoms with Crippen LogP contribution in [-0.2, 0) is 14.3 Å². The molecular formula is C23H19N3O4. The molecule has 0 heterocycles. The molecule has 0 saturated carbocycles. The van der Waals surface area contributed by atoms with Gasteiger partial charge in [0.2, 0.25) is 0 Å². The van der Waals surface area contributed by atoms with Crippen molar-refractivity contribution in [1.29, 1.82) is 5.26 Å². The van der Waals surface area contributed by atoms with E-state index in [1.807, 2.05) is 48.5 Å². The highest BCUT2D eigenvalue weighted by Gasteiger charge is 2.09. The molecule has 0 fully saturated rings. The lowest BCUT2D eigenvalue weighted by Gasteiger charge is -2.09. The number of nitrogens with zero attached hydrogens (tertiary/aromatic N) is 1. The molecule has 3 aromatic rings. The van der Waals surface area contributed by atoms with Crippen LogP contribution in [0.1, 0.15) is 5.56 Å². The summed E-state index contributed by atoms with van der Waals surface area (Å²) >= 11 is 0. The van der Waals surface area contributed by atoms with E-state index in [0.29, 0.717) is 17.0 Å². The fourth-order valence-electron chi connectivity index (χ4n) is 2.52. The van der Waals surface area contributed by atoms with E-state index in [2.05, 4.69) is 10.6 Å². The summed E-state index contributed by atoms with van der Waals surface area (Å²) in [6.45, 7) is -0.762. The molecule has 0 aliphatic heterocycles. The van der Waals surface area contributed by atoms with Crippen LogP contribution in [0.2, 0.25) is 0 Å². The van der Waals surface area contributed by atoms with Gasteiger partial charge in [0.05, 0.1) is 11.6 Å². The van der Waals surface area contributed by atoms with E-state index in [9.17, 15) is 9.59 Å². The van der Waals surface area contributed by atoms with Crippen molar-refractivity contribution in [3.8, 4) is 11.8 Å². The predicted octanol–water partition coefficient (Wildman–Crippen LogP) is 3.86. The number of rotatable bonds is 8. The van der Waals surface area contributed by atoms with Crippen LogP contribution in [0.3, 0.4) is 0 Å². The van der Waals surface area contributed by atoms with E-state index in [1.54, 1.807) is 30.3 Å². The number of nitriles is 1. The second-order valence-corrected chi connectivity index (χ2v) is 6.21. The molecule has 0 aliphatic rings. The molecule has 3 aromatic carbocycles. The first-order valence-electron chi connectivity index (χ1n) is 9.13. The molecule has 0 radical (unpaired) electrons. The van der Waals surface area contributed by atoms with Gasteiger partial charge in [-0.15, -0.1) is 0 Å². The maximum atomic E-state index is 11.9. The van der Waals surface area contributed by atoms with Crippen molar-refractivity contribution in [3.63, 3.8) is 0 Å².